The molecule has 2 rings (SSSR count). The summed E-state index contributed by atoms with van der Waals surface area (Å²) in [5, 5.41) is 8.97. The van der Waals surface area contributed by atoms with Crippen LogP contribution in [0.1, 0.15) is 22.3 Å². The third kappa shape index (κ3) is 3.50. The second kappa shape index (κ2) is 6.55. The quantitative estimate of drug-likeness (QED) is 0.868. The van der Waals surface area contributed by atoms with Gasteiger partial charge in [0.2, 0.25) is 0 Å². The van der Waals surface area contributed by atoms with Crippen molar-refractivity contribution in [1.29, 1.82) is 5.26 Å². The van der Waals surface area contributed by atoms with Crippen molar-refractivity contribution in [3.05, 3.63) is 58.7 Å². The lowest BCUT2D eigenvalue weighted by molar-refractivity contribution is 0.413. The number of benzene rings is 2. The highest BCUT2D eigenvalue weighted by Gasteiger charge is 2.09. The molecule has 0 saturated heterocycles. The van der Waals surface area contributed by atoms with Gasteiger partial charge >= 0.3 is 0 Å². The van der Waals surface area contributed by atoms with Gasteiger partial charge in [-0.15, -0.1) is 0 Å². The van der Waals surface area contributed by atoms with Crippen molar-refractivity contribution in [2.45, 2.75) is 24.5 Å². The lowest BCUT2D eigenvalue weighted by Crippen LogP contribution is -1.99. The second-order valence-electron chi connectivity index (χ2n) is 4.88. The summed E-state index contributed by atoms with van der Waals surface area (Å²) in [4.78, 5) is 0.821. The van der Waals surface area contributed by atoms with Crippen molar-refractivity contribution < 1.29 is 8.95 Å². The lowest BCUT2D eigenvalue weighted by Gasteiger charge is -2.08. The maximum Gasteiger partial charge on any atom is 0.136 e. The zero-order chi connectivity index (χ0) is 15.4. The number of rotatable bonds is 4. The molecular weight excluding hydrogens is 282 g/mol. The number of methoxy groups -OCH3 is 1. The molecule has 0 saturated carbocycles. The minimum absolute atomic E-state index is 0.407. The maximum absolute atomic E-state index is 12.4. The lowest BCUT2D eigenvalue weighted by atomic mass is 10.1. The summed E-state index contributed by atoms with van der Waals surface area (Å²) in [6, 6.07) is 13.2. The fourth-order valence-electron chi connectivity index (χ4n) is 2.01. The van der Waals surface area contributed by atoms with Crippen LogP contribution in [0.15, 0.2) is 41.3 Å². The van der Waals surface area contributed by atoms with Gasteiger partial charge < -0.3 is 4.74 Å². The van der Waals surface area contributed by atoms with Crippen molar-refractivity contribution in [2.24, 2.45) is 0 Å². The van der Waals surface area contributed by atoms with Crippen LogP contribution in [0.2, 0.25) is 0 Å². The highest BCUT2D eigenvalue weighted by Crippen LogP contribution is 2.22. The fourth-order valence-corrected chi connectivity index (χ4v) is 3.19. The van der Waals surface area contributed by atoms with Crippen molar-refractivity contribution in [1.82, 2.24) is 0 Å². The van der Waals surface area contributed by atoms with Crippen LogP contribution in [-0.4, -0.2) is 11.3 Å². The molecule has 0 radical (unpaired) electrons. The summed E-state index contributed by atoms with van der Waals surface area (Å²) in [6.07, 6.45) is 0. The van der Waals surface area contributed by atoms with Crippen LogP contribution < -0.4 is 4.74 Å². The molecule has 108 valence electrons. The molecule has 1 unspecified atom stereocenters. The SMILES string of the molecule is COc1cc(CS(=O)c2ccc(C)c(C)c2)ccc1C#N. The molecule has 0 bridgehead atoms. The van der Waals surface area contributed by atoms with E-state index in [1.165, 1.54) is 12.7 Å². The molecule has 0 aliphatic heterocycles. The zero-order valence-corrected chi connectivity index (χ0v) is 13.2. The molecule has 0 heterocycles. The Kier molecular flexibility index (Phi) is 4.77. The van der Waals surface area contributed by atoms with Gasteiger partial charge in [0.25, 0.3) is 0 Å². The topological polar surface area (TPSA) is 50.1 Å². The Morgan fingerprint density at radius 2 is 1.90 bits per heavy atom. The van der Waals surface area contributed by atoms with Gasteiger partial charge in [-0.3, -0.25) is 4.21 Å². The Balaban J connectivity index is 2.23. The summed E-state index contributed by atoms with van der Waals surface area (Å²) < 4.78 is 17.6. The first-order valence-electron chi connectivity index (χ1n) is 6.58. The number of hydrogen-bond acceptors (Lipinski definition) is 3. The monoisotopic (exact) mass is 299 g/mol. The summed E-state index contributed by atoms with van der Waals surface area (Å²) >= 11 is 0. The number of ether oxygens (including phenoxy) is 1. The van der Waals surface area contributed by atoms with Crippen LogP contribution in [0.4, 0.5) is 0 Å². The van der Waals surface area contributed by atoms with Gasteiger partial charge in [0.1, 0.15) is 11.8 Å². The summed E-state index contributed by atoms with van der Waals surface area (Å²) in [5.74, 6) is 0.928. The molecule has 0 aliphatic carbocycles. The highest BCUT2D eigenvalue weighted by atomic mass is 32.2. The van der Waals surface area contributed by atoms with E-state index >= 15 is 0 Å². The molecule has 2 aromatic carbocycles. The van der Waals surface area contributed by atoms with Crippen LogP contribution in [0, 0.1) is 25.2 Å². The smallest absolute Gasteiger partial charge is 0.136 e. The molecule has 21 heavy (non-hydrogen) atoms. The Labute approximate surface area is 127 Å². The molecule has 1 atom stereocenters. The number of aryl methyl sites for hydroxylation is 2. The molecule has 0 N–H and O–H groups in total. The largest absolute Gasteiger partial charge is 0.495 e. The van der Waals surface area contributed by atoms with Gasteiger partial charge in [-0.25, -0.2) is 0 Å². The molecule has 2 aromatic rings. The van der Waals surface area contributed by atoms with Crippen LogP contribution in [0.3, 0.4) is 0 Å². The average molecular weight is 299 g/mol. The van der Waals surface area contributed by atoms with E-state index in [2.05, 4.69) is 6.07 Å². The maximum atomic E-state index is 12.4. The van der Waals surface area contributed by atoms with Crippen LogP contribution >= 0.6 is 0 Å². The van der Waals surface area contributed by atoms with E-state index in [4.69, 9.17) is 10.00 Å². The van der Waals surface area contributed by atoms with Crippen LogP contribution in [0.5, 0.6) is 5.75 Å². The Morgan fingerprint density at radius 3 is 2.52 bits per heavy atom. The van der Waals surface area contributed by atoms with E-state index in [-0.39, 0.29) is 0 Å². The van der Waals surface area contributed by atoms with Gasteiger partial charge in [0.05, 0.1) is 29.2 Å². The van der Waals surface area contributed by atoms with Crippen molar-refractivity contribution >= 4 is 10.8 Å². The van der Waals surface area contributed by atoms with E-state index in [0.717, 1.165) is 16.0 Å². The fraction of sp³-hybridized carbons (Fsp3) is 0.235. The van der Waals surface area contributed by atoms with E-state index in [1.54, 1.807) is 12.1 Å². The number of nitriles is 1. The van der Waals surface area contributed by atoms with Crippen molar-refractivity contribution in [3.8, 4) is 11.8 Å². The van der Waals surface area contributed by atoms with Gasteiger partial charge in [-0.2, -0.15) is 5.26 Å². The van der Waals surface area contributed by atoms with Crippen LogP contribution in [0.25, 0.3) is 0 Å². The molecular formula is C17H17NO2S. The first-order chi connectivity index (χ1) is 10.0. The average Bonchev–Trinajstić information content (AvgIpc) is 2.49. The predicted molar refractivity (Wildman–Crippen MR) is 83.7 cm³/mol. The molecule has 4 heteroatoms. The zero-order valence-electron chi connectivity index (χ0n) is 12.3. The number of nitrogens with zero attached hydrogens (tertiary/aromatic N) is 1. The van der Waals surface area contributed by atoms with E-state index in [1.807, 2.05) is 38.1 Å². The first-order valence-corrected chi connectivity index (χ1v) is 7.89. The molecule has 3 nitrogen and oxygen atoms in total. The first kappa shape index (κ1) is 15.3. The normalized spacial score (nSPS) is 11.7. The third-order valence-corrected chi connectivity index (χ3v) is 4.80. The predicted octanol–water partition coefficient (Wildman–Crippen LogP) is 3.49. The highest BCUT2D eigenvalue weighted by molar-refractivity contribution is 7.84. The van der Waals surface area contributed by atoms with E-state index < -0.39 is 10.8 Å². The molecule has 0 aliphatic rings. The van der Waals surface area contributed by atoms with Crippen molar-refractivity contribution in [2.75, 3.05) is 7.11 Å². The van der Waals surface area contributed by atoms with Crippen LogP contribution in [-0.2, 0) is 16.6 Å². The second-order valence-corrected chi connectivity index (χ2v) is 6.33. The van der Waals surface area contributed by atoms with Gasteiger partial charge in [-0.1, -0.05) is 12.1 Å². The molecule has 0 aromatic heterocycles. The minimum Gasteiger partial charge on any atom is -0.495 e. The van der Waals surface area contributed by atoms with E-state index in [9.17, 15) is 4.21 Å². The Hall–Kier alpha value is -2.12. The summed E-state index contributed by atoms with van der Waals surface area (Å²) in [5.41, 5.74) is 3.70. The Bertz CT molecular complexity index is 732. The molecule has 0 fully saturated rings. The standard InChI is InChI=1S/C17H17NO2S/c1-12-4-7-16(8-13(12)2)21(19)11-14-5-6-15(10-18)17(9-14)20-3/h4-9H,11H2,1-3H3. The number of hydrogen-bond donors (Lipinski definition) is 0. The molecule has 0 spiro atoms. The summed E-state index contributed by atoms with van der Waals surface area (Å²) in [6.45, 7) is 4.05. The van der Waals surface area contributed by atoms with Gasteiger partial charge in [0, 0.05) is 4.90 Å². The third-order valence-electron chi connectivity index (χ3n) is 3.43. The minimum atomic E-state index is -1.11. The molecule has 0 amide bonds. The Morgan fingerprint density at radius 1 is 1.14 bits per heavy atom. The summed E-state index contributed by atoms with van der Waals surface area (Å²) in [7, 11) is 0.418. The van der Waals surface area contributed by atoms with Gasteiger partial charge in [0.15, 0.2) is 0 Å². The van der Waals surface area contributed by atoms with Crippen molar-refractivity contribution in [3.63, 3.8) is 0 Å². The van der Waals surface area contributed by atoms with E-state index in [0.29, 0.717) is 17.1 Å². The van der Waals surface area contributed by atoms with Gasteiger partial charge in [-0.05, 0) is 54.8 Å².